The molecule has 1 aromatic carbocycles. The predicted octanol–water partition coefficient (Wildman–Crippen LogP) is 3.75. The second-order valence-electron chi connectivity index (χ2n) is 5.42. The lowest BCUT2D eigenvalue weighted by molar-refractivity contribution is 0.104. The Hall–Kier alpha value is -1.65. The van der Waals surface area contributed by atoms with Crippen molar-refractivity contribution in [2.45, 2.75) is 32.3 Å². The van der Waals surface area contributed by atoms with Crippen molar-refractivity contribution in [2.75, 3.05) is 6.61 Å². The molecule has 0 aliphatic carbocycles. The summed E-state index contributed by atoms with van der Waals surface area (Å²) in [4.78, 5) is 13.3. The van der Waals surface area contributed by atoms with E-state index in [1.807, 2.05) is 29.6 Å². The summed E-state index contributed by atoms with van der Waals surface area (Å²) in [6.07, 6.45) is 1.71. The van der Waals surface area contributed by atoms with E-state index in [1.54, 1.807) is 0 Å². The van der Waals surface area contributed by atoms with Crippen LogP contribution in [0.5, 0.6) is 5.75 Å². The molecule has 1 atom stereocenters. The maximum absolute atomic E-state index is 12.5. The van der Waals surface area contributed by atoms with Crippen molar-refractivity contribution >= 4 is 17.1 Å². The molecule has 1 aliphatic rings. The molecule has 0 saturated carbocycles. The van der Waals surface area contributed by atoms with E-state index in [0.717, 1.165) is 28.8 Å². The molecule has 2 aromatic rings. The third-order valence-electron chi connectivity index (χ3n) is 3.95. The average molecular weight is 302 g/mol. The van der Waals surface area contributed by atoms with Crippen LogP contribution < -0.4 is 4.74 Å². The summed E-state index contributed by atoms with van der Waals surface area (Å²) < 4.78 is 5.84. The van der Waals surface area contributed by atoms with Gasteiger partial charge in [0.25, 0.3) is 0 Å². The number of benzene rings is 1. The van der Waals surface area contributed by atoms with E-state index in [0.29, 0.717) is 23.8 Å². The number of hydrogen-bond donors (Lipinski definition) is 1. The lowest BCUT2D eigenvalue weighted by atomic mass is 9.94. The molecular weight excluding hydrogens is 284 g/mol. The molecule has 1 N–H and O–H groups in total. The smallest absolute Gasteiger partial charge is 0.207 e. The van der Waals surface area contributed by atoms with Crippen molar-refractivity contribution in [3.63, 3.8) is 0 Å². The Morgan fingerprint density at radius 2 is 2.24 bits per heavy atom. The normalized spacial score (nSPS) is 14.9. The number of carbonyl (C=O) groups excluding carboxylic acids is 1. The number of aliphatic hydroxyl groups is 1. The number of thiophene rings is 1. The summed E-state index contributed by atoms with van der Waals surface area (Å²) in [5, 5.41) is 10.9. The van der Waals surface area contributed by atoms with Crippen molar-refractivity contribution in [1.29, 1.82) is 0 Å². The number of ether oxygens (including phenoxy) is 1. The summed E-state index contributed by atoms with van der Waals surface area (Å²) in [5.74, 6) is 1.08. The van der Waals surface area contributed by atoms with E-state index in [2.05, 4.69) is 6.92 Å². The third-order valence-corrected chi connectivity index (χ3v) is 4.91. The Bertz CT molecular complexity index is 660. The molecule has 1 aliphatic heterocycles. The second-order valence-corrected chi connectivity index (χ2v) is 6.33. The number of hydrogen-bond acceptors (Lipinski definition) is 4. The van der Waals surface area contributed by atoms with Gasteiger partial charge in [0.2, 0.25) is 5.78 Å². The van der Waals surface area contributed by atoms with Crippen LogP contribution in [0, 0.1) is 0 Å². The molecule has 2 heterocycles. The molecule has 0 saturated heterocycles. The number of ketones is 1. The van der Waals surface area contributed by atoms with E-state index in [-0.39, 0.29) is 12.4 Å². The fourth-order valence-electron chi connectivity index (χ4n) is 2.64. The minimum absolute atomic E-state index is 0.0575. The molecule has 3 nitrogen and oxygen atoms in total. The predicted molar refractivity (Wildman–Crippen MR) is 83.3 cm³/mol. The van der Waals surface area contributed by atoms with E-state index >= 15 is 0 Å². The van der Waals surface area contributed by atoms with Gasteiger partial charge in [-0.1, -0.05) is 13.0 Å². The van der Waals surface area contributed by atoms with Crippen molar-refractivity contribution in [3.8, 4) is 5.75 Å². The Morgan fingerprint density at radius 1 is 1.38 bits per heavy atom. The first-order chi connectivity index (χ1) is 10.2. The lowest BCUT2D eigenvalue weighted by Crippen LogP contribution is -2.02. The van der Waals surface area contributed by atoms with Gasteiger partial charge < -0.3 is 9.84 Å². The SMILES string of the molecule is CC(CCCO)c1ccc2c(c1)OCc1ccsc1C2=O. The molecule has 0 amide bonds. The zero-order chi connectivity index (χ0) is 14.8. The van der Waals surface area contributed by atoms with Crippen molar-refractivity contribution in [2.24, 2.45) is 0 Å². The van der Waals surface area contributed by atoms with E-state index in [9.17, 15) is 4.79 Å². The highest BCUT2D eigenvalue weighted by Crippen LogP contribution is 2.34. The second kappa shape index (κ2) is 6.00. The maximum atomic E-state index is 12.5. The highest BCUT2D eigenvalue weighted by atomic mass is 32.1. The molecule has 110 valence electrons. The van der Waals surface area contributed by atoms with Crippen LogP contribution in [0.25, 0.3) is 0 Å². The highest BCUT2D eigenvalue weighted by molar-refractivity contribution is 7.12. The summed E-state index contributed by atoms with van der Waals surface area (Å²) in [5.41, 5.74) is 2.77. The number of carbonyl (C=O) groups is 1. The molecule has 0 bridgehead atoms. The van der Waals surface area contributed by atoms with Crippen LogP contribution in [-0.2, 0) is 6.61 Å². The molecule has 0 spiro atoms. The van der Waals surface area contributed by atoms with Crippen LogP contribution in [0.4, 0.5) is 0 Å². The van der Waals surface area contributed by atoms with Crippen molar-refractivity contribution in [3.05, 3.63) is 51.2 Å². The molecule has 0 fully saturated rings. The fourth-order valence-corrected chi connectivity index (χ4v) is 3.51. The van der Waals surface area contributed by atoms with Gasteiger partial charge in [-0.15, -0.1) is 11.3 Å². The van der Waals surface area contributed by atoms with Crippen LogP contribution in [0.1, 0.15) is 52.0 Å². The van der Waals surface area contributed by atoms with Gasteiger partial charge in [0.15, 0.2) is 0 Å². The topological polar surface area (TPSA) is 46.5 Å². The van der Waals surface area contributed by atoms with Crippen molar-refractivity contribution in [1.82, 2.24) is 0 Å². The minimum atomic E-state index is 0.0575. The summed E-state index contributed by atoms with van der Waals surface area (Å²) in [6.45, 7) is 2.79. The van der Waals surface area contributed by atoms with Crippen LogP contribution in [-0.4, -0.2) is 17.5 Å². The number of rotatable bonds is 4. The highest BCUT2D eigenvalue weighted by Gasteiger charge is 2.24. The summed E-state index contributed by atoms with van der Waals surface area (Å²) in [6, 6.07) is 7.80. The quantitative estimate of drug-likeness (QED) is 0.935. The zero-order valence-corrected chi connectivity index (χ0v) is 12.8. The standard InChI is InChI=1S/C17H18O3S/c1-11(3-2-7-18)12-4-5-14-15(9-12)20-10-13-6-8-21-17(13)16(14)19/h4-6,8-9,11,18H,2-3,7,10H2,1H3. The van der Waals surface area contributed by atoms with Gasteiger partial charge in [-0.2, -0.15) is 0 Å². The maximum Gasteiger partial charge on any atom is 0.207 e. The Balaban J connectivity index is 1.91. The lowest BCUT2D eigenvalue weighted by Gasteiger charge is -2.14. The van der Waals surface area contributed by atoms with Gasteiger partial charge in [-0.25, -0.2) is 0 Å². The van der Waals surface area contributed by atoms with Crippen LogP contribution >= 0.6 is 11.3 Å². The first-order valence-electron chi connectivity index (χ1n) is 7.19. The Labute approximate surface area is 128 Å². The number of aliphatic hydroxyl groups excluding tert-OH is 1. The molecular formula is C17H18O3S. The Morgan fingerprint density at radius 3 is 3.05 bits per heavy atom. The van der Waals surface area contributed by atoms with Crippen molar-refractivity contribution < 1.29 is 14.6 Å². The van der Waals surface area contributed by atoms with Gasteiger partial charge in [0.1, 0.15) is 12.4 Å². The van der Waals surface area contributed by atoms with Gasteiger partial charge >= 0.3 is 0 Å². The van der Waals surface area contributed by atoms with Gasteiger partial charge in [0.05, 0.1) is 10.4 Å². The first kappa shape index (κ1) is 14.3. The molecule has 0 radical (unpaired) electrons. The molecule has 21 heavy (non-hydrogen) atoms. The van der Waals surface area contributed by atoms with E-state index < -0.39 is 0 Å². The fraction of sp³-hybridized carbons (Fsp3) is 0.353. The van der Waals surface area contributed by atoms with Crippen LogP contribution in [0.2, 0.25) is 0 Å². The largest absolute Gasteiger partial charge is 0.488 e. The van der Waals surface area contributed by atoms with E-state index in [1.165, 1.54) is 11.3 Å². The zero-order valence-electron chi connectivity index (χ0n) is 12.0. The monoisotopic (exact) mass is 302 g/mol. The van der Waals surface area contributed by atoms with E-state index in [4.69, 9.17) is 9.84 Å². The summed E-state index contributed by atoms with van der Waals surface area (Å²) >= 11 is 1.47. The first-order valence-corrected chi connectivity index (χ1v) is 8.07. The van der Waals surface area contributed by atoms with Gasteiger partial charge in [0, 0.05) is 12.2 Å². The van der Waals surface area contributed by atoms with Crippen LogP contribution in [0.15, 0.2) is 29.6 Å². The summed E-state index contributed by atoms with van der Waals surface area (Å²) in [7, 11) is 0. The molecule has 3 rings (SSSR count). The number of fused-ring (bicyclic) bond motifs is 2. The van der Waals surface area contributed by atoms with Gasteiger partial charge in [-0.3, -0.25) is 4.79 Å². The van der Waals surface area contributed by atoms with Gasteiger partial charge in [-0.05, 0) is 47.9 Å². The molecule has 1 aromatic heterocycles. The molecule has 4 heteroatoms. The minimum Gasteiger partial charge on any atom is -0.488 e. The third kappa shape index (κ3) is 2.74. The van der Waals surface area contributed by atoms with Crippen LogP contribution in [0.3, 0.4) is 0 Å². The molecule has 1 unspecified atom stereocenters. The Kier molecular flexibility index (Phi) is 4.08. The average Bonchev–Trinajstić information content (AvgIpc) is 2.93.